The van der Waals surface area contributed by atoms with E-state index in [-0.39, 0.29) is 21.7 Å². The molecule has 0 amide bonds. The smallest absolute Gasteiger partial charge is 0.335 e. The molecule has 4 N–H and O–H groups in total. The molecule has 9 heteroatoms. The molecule has 1 aliphatic rings. The first kappa shape index (κ1) is 24.0. The van der Waals surface area contributed by atoms with Crippen molar-refractivity contribution >= 4 is 38.9 Å². The van der Waals surface area contributed by atoms with Crippen molar-refractivity contribution in [1.82, 2.24) is 0 Å². The molecule has 0 aliphatic carbocycles. The average Bonchev–Trinajstić information content (AvgIpc) is 3.16. The third-order valence-corrected chi connectivity index (χ3v) is 7.25. The van der Waals surface area contributed by atoms with E-state index in [0.717, 1.165) is 16.7 Å². The van der Waals surface area contributed by atoms with Gasteiger partial charge in [0.1, 0.15) is 6.04 Å². The van der Waals surface area contributed by atoms with E-state index in [0.29, 0.717) is 5.69 Å². The van der Waals surface area contributed by atoms with Gasteiger partial charge >= 0.3 is 11.9 Å². The number of benzene rings is 3. The number of aliphatic carboxylic acids is 2. The summed E-state index contributed by atoms with van der Waals surface area (Å²) in [7, 11) is -3.87. The van der Waals surface area contributed by atoms with Crippen LogP contribution in [0.1, 0.15) is 28.2 Å². The van der Waals surface area contributed by atoms with Gasteiger partial charge in [0.05, 0.1) is 10.5 Å². The Hall–Kier alpha value is -4.11. The van der Waals surface area contributed by atoms with Crippen molar-refractivity contribution in [3.05, 3.63) is 95.1 Å². The first-order valence-electron chi connectivity index (χ1n) is 10.8. The van der Waals surface area contributed by atoms with Gasteiger partial charge in [0.25, 0.3) is 10.0 Å². The summed E-state index contributed by atoms with van der Waals surface area (Å²) in [6.45, 7) is 3.76. The number of carbonyl (C=O) groups is 2. The van der Waals surface area contributed by atoms with Crippen molar-refractivity contribution in [2.45, 2.75) is 30.7 Å². The van der Waals surface area contributed by atoms with Gasteiger partial charge in [0, 0.05) is 17.3 Å². The Balaban J connectivity index is 1.75. The van der Waals surface area contributed by atoms with Crippen molar-refractivity contribution in [3.8, 4) is 0 Å². The fourth-order valence-electron chi connectivity index (χ4n) is 4.39. The molecule has 3 aromatic rings. The van der Waals surface area contributed by atoms with Gasteiger partial charge in [-0.15, -0.1) is 0 Å². The highest BCUT2D eigenvalue weighted by molar-refractivity contribution is 7.92. The van der Waals surface area contributed by atoms with E-state index < -0.39 is 33.9 Å². The number of hydrogen-bond acceptors (Lipinski definition) is 5. The normalized spacial score (nSPS) is 17.4. The van der Waals surface area contributed by atoms with Crippen LogP contribution in [0.15, 0.2) is 77.7 Å². The number of fused-ring (bicyclic) bond motifs is 1. The third-order valence-electron chi connectivity index (χ3n) is 5.86. The maximum absolute atomic E-state index is 12.7. The Labute approximate surface area is 203 Å². The van der Waals surface area contributed by atoms with Crippen LogP contribution in [-0.4, -0.2) is 36.6 Å². The van der Waals surface area contributed by atoms with E-state index in [1.165, 1.54) is 30.3 Å². The van der Waals surface area contributed by atoms with Gasteiger partial charge in [-0.1, -0.05) is 42.5 Å². The van der Waals surface area contributed by atoms with Crippen molar-refractivity contribution < 1.29 is 28.2 Å². The minimum absolute atomic E-state index is 0.0723. The molecule has 35 heavy (non-hydrogen) atoms. The Morgan fingerprint density at radius 3 is 2.34 bits per heavy atom. The number of hydrogen-bond donors (Lipinski definition) is 4. The van der Waals surface area contributed by atoms with Crippen molar-refractivity contribution in [3.63, 3.8) is 0 Å². The zero-order chi connectivity index (χ0) is 25.3. The molecule has 2 atom stereocenters. The molecular formula is C26H24N2O6S. The minimum atomic E-state index is -3.87. The molecule has 1 aliphatic heterocycles. The van der Waals surface area contributed by atoms with Crippen LogP contribution < -0.4 is 10.0 Å². The van der Waals surface area contributed by atoms with Crippen LogP contribution in [0.5, 0.6) is 0 Å². The minimum Gasteiger partial charge on any atom is -0.480 e. The van der Waals surface area contributed by atoms with Gasteiger partial charge in [0.2, 0.25) is 0 Å². The van der Waals surface area contributed by atoms with Crippen molar-refractivity contribution in [1.29, 1.82) is 0 Å². The second-order valence-corrected chi connectivity index (χ2v) is 10.1. The van der Waals surface area contributed by atoms with Crippen molar-refractivity contribution in [2.24, 2.45) is 0 Å². The summed E-state index contributed by atoms with van der Waals surface area (Å²) in [4.78, 5) is 24.3. The average molecular weight is 493 g/mol. The van der Waals surface area contributed by atoms with Crippen LogP contribution in [-0.2, 0) is 19.6 Å². The Morgan fingerprint density at radius 1 is 0.971 bits per heavy atom. The van der Waals surface area contributed by atoms with Gasteiger partial charge in [0.15, 0.2) is 0 Å². The number of sulfonamides is 1. The lowest BCUT2D eigenvalue weighted by Crippen LogP contribution is -2.29. The number of carboxylic acids is 2. The Morgan fingerprint density at radius 2 is 1.69 bits per heavy atom. The first-order chi connectivity index (χ1) is 16.6. The summed E-state index contributed by atoms with van der Waals surface area (Å²) < 4.78 is 27.9. The number of rotatable bonds is 7. The van der Waals surface area contributed by atoms with Crippen LogP contribution in [0, 0.1) is 13.8 Å². The number of carboxylic acid groups (broad SMARTS) is 2. The molecule has 1 heterocycles. The maximum Gasteiger partial charge on any atom is 0.335 e. The molecule has 0 saturated heterocycles. The van der Waals surface area contributed by atoms with E-state index in [2.05, 4.69) is 10.0 Å². The van der Waals surface area contributed by atoms with Crippen molar-refractivity contribution in [2.75, 3.05) is 10.0 Å². The summed E-state index contributed by atoms with van der Waals surface area (Å²) in [5, 5.41) is 22.8. The monoisotopic (exact) mass is 492 g/mol. The van der Waals surface area contributed by atoms with Gasteiger partial charge in [-0.05, 0) is 66.4 Å². The standard InChI is InChI=1S/C26H24N2O6S/c1-15-11-16(2)23-21(24(26(31)32)27-22(23)12-15)14-20(25(29)30)17-7-6-8-18(13-17)28-35(33,34)19-9-4-3-5-10-19/h3-14,21,24,27-28H,1-2H3,(H,29,30)(H,31,32)/b20-14+. The fourth-order valence-corrected chi connectivity index (χ4v) is 5.46. The highest BCUT2D eigenvalue weighted by Crippen LogP contribution is 2.41. The molecule has 2 unspecified atom stereocenters. The molecule has 180 valence electrons. The largest absolute Gasteiger partial charge is 0.480 e. The first-order valence-corrected chi connectivity index (χ1v) is 12.3. The molecule has 0 aromatic heterocycles. The number of anilines is 2. The van der Waals surface area contributed by atoms with Crippen LogP contribution in [0.25, 0.3) is 5.57 Å². The SMILES string of the molecule is Cc1cc(C)c2c(c1)NC(C(=O)O)C2/C=C(/C(=O)O)c1cccc(NS(=O)(=O)c2ccccc2)c1. The van der Waals surface area contributed by atoms with Gasteiger partial charge in [-0.25, -0.2) is 18.0 Å². The zero-order valence-corrected chi connectivity index (χ0v) is 19.8. The zero-order valence-electron chi connectivity index (χ0n) is 19.0. The predicted octanol–water partition coefficient (Wildman–Crippen LogP) is 4.23. The summed E-state index contributed by atoms with van der Waals surface area (Å²) in [5.74, 6) is -3.09. The van der Waals surface area contributed by atoms with Crippen LogP contribution in [0.3, 0.4) is 0 Å². The molecule has 0 spiro atoms. The highest BCUT2D eigenvalue weighted by Gasteiger charge is 2.37. The summed E-state index contributed by atoms with van der Waals surface area (Å²) in [6.07, 6.45) is 1.42. The highest BCUT2D eigenvalue weighted by atomic mass is 32.2. The van der Waals surface area contributed by atoms with Gasteiger partial charge in [-0.2, -0.15) is 0 Å². The van der Waals surface area contributed by atoms with Gasteiger partial charge in [-0.3, -0.25) is 4.72 Å². The molecular weight excluding hydrogens is 468 g/mol. The molecule has 3 aromatic carbocycles. The predicted molar refractivity (Wildman–Crippen MR) is 133 cm³/mol. The molecule has 0 bridgehead atoms. The maximum atomic E-state index is 12.7. The quantitative estimate of drug-likeness (QED) is 0.363. The lowest BCUT2D eigenvalue weighted by atomic mass is 9.88. The molecule has 0 fully saturated rings. The Bertz CT molecular complexity index is 1450. The van der Waals surface area contributed by atoms with Crippen LogP contribution in [0.2, 0.25) is 0 Å². The Kier molecular flexibility index (Phi) is 6.36. The van der Waals surface area contributed by atoms with E-state index in [1.807, 2.05) is 26.0 Å². The number of aryl methyl sites for hydroxylation is 2. The molecule has 0 radical (unpaired) electrons. The lowest BCUT2D eigenvalue weighted by molar-refractivity contribution is -0.138. The molecule has 4 rings (SSSR count). The second-order valence-electron chi connectivity index (χ2n) is 8.41. The van der Waals surface area contributed by atoms with E-state index in [9.17, 15) is 28.2 Å². The van der Waals surface area contributed by atoms with Gasteiger partial charge < -0.3 is 15.5 Å². The lowest BCUT2D eigenvalue weighted by Gasteiger charge is -2.16. The van der Waals surface area contributed by atoms with Crippen LogP contribution in [0.4, 0.5) is 11.4 Å². The van der Waals surface area contributed by atoms with E-state index in [4.69, 9.17) is 0 Å². The molecule has 8 nitrogen and oxygen atoms in total. The summed E-state index contributed by atoms with van der Waals surface area (Å²) in [6, 6.07) is 16.6. The summed E-state index contributed by atoms with van der Waals surface area (Å²) in [5.41, 5.74) is 3.49. The van der Waals surface area contributed by atoms with Crippen LogP contribution >= 0.6 is 0 Å². The molecule has 0 saturated carbocycles. The topological polar surface area (TPSA) is 133 Å². The van der Waals surface area contributed by atoms with E-state index >= 15 is 0 Å². The second kappa shape index (κ2) is 9.27. The third kappa shape index (κ3) is 4.90. The summed E-state index contributed by atoms with van der Waals surface area (Å²) >= 11 is 0. The fraction of sp³-hybridized carbons (Fsp3) is 0.154. The number of nitrogens with one attached hydrogen (secondary N) is 2. The van der Waals surface area contributed by atoms with E-state index in [1.54, 1.807) is 30.3 Å².